The third-order valence-corrected chi connectivity index (χ3v) is 3.19. The van der Waals surface area contributed by atoms with E-state index in [0.29, 0.717) is 12.3 Å². The van der Waals surface area contributed by atoms with E-state index < -0.39 is 5.41 Å². The van der Waals surface area contributed by atoms with E-state index in [1.165, 1.54) is 0 Å². The van der Waals surface area contributed by atoms with Crippen LogP contribution in [-0.2, 0) is 16.1 Å². The molecular weight excluding hydrogens is 268 g/mol. The molecule has 1 aromatic carbocycles. The van der Waals surface area contributed by atoms with Crippen LogP contribution < -0.4 is 15.4 Å². The quantitative estimate of drug-likeness (QED) is 0.786. The van der Waals surface area contributed by atoms with Crippen molar-refractivity contribution in [1.29, 1.82) is 0 Å². The number of carbonyl (C=O) groups excluding carboxylic acids is 2. The molecule has 5 nitrogen and oxygen atoms in total. The number of benzene rings is 1. The maximum atomic E-state index is 12.2. The monoisotopic (exact) mass is 292 g/mol. The molecule has 0 aliphatic heterocycles. The third-order valence-electron chi connectivity index (χ3n) is 3.19. The summed E-state index contributed by atoms with van der Waals surface area (Å²) < 4.78 is 5.23. The molecule has 5 heteroatoms. The fourth-order valence-corrected chi connectivity index (χ4v) is 1.79. The molecule has 0 fully saturated rings. The molecule has 0 atom stereocenters. The minimum Gasteiger partial charge on any atom is -0.496 e. The van der Waals surface area contributed by atoms with E-state index in [4.69, 9.17) is 4.74 Å². The number of ether oxygens (including phenoxy) is 1. The number of methoxy groups -OCH3 is 1. The van der Waals surface area contributed by atoms with Crippen LogP contribution in [0.15, 0.2) is 24.3 Å². The van der Waals surface area contributed by atoms with E-state index in [1.54, 1.807) is 21.0 Å². The van der Waals surface area contributed by atoms with Crippen molar-refractivity contribution >= 4 is 11.8 Å². The Labute approximate surface area is 126 Å². The van der Waals surface area contributed by atoms with Crippen LogP contribution in [0.1, 0.15) is 33.3 Å². The number of hydrogen-bond acceptors (Lipinski definition) is 3. The molecule has 0 aliphatic carbocycles. The Morgan fingerprint density at radius 3 is 2.38 bits per heavy atom. The zero-order chi connectivity index (χ0) is 16.0. The number of carbonyl (C=O) groups is 2. The predicted octanol–water partition coefficient (Wildman–Crippen LogP) is 1.86. The minimum atomic E-state index is -1.12. The van der Waals surface area contributed by atoms with Crippen LogP contribution in [0, 0.1) is 5.41 Å². The fraction of sp³-hybridized carbons (Fsp3) is 0.500. The lowest BCUT2D eigenvalue weighted by Gasteiger charge is -2.24. The molecule has 0 aliphatic rings. The van der Waals surface area contributed by atoms with Crippen molar-refractivity contribution in [3.05, 3.63) is 29.8 Å². The fourth-order valence-electron chi connectivity index (χ4n) is 1.79. The molecule has 0 spiro atoms. The van der Waals surface area contributed by atoms with Crippen LogP contribution in [0.4, 0.5) is 0 Å². The zero-order valence-corrected chi connectivity index (χ0v) is 13.3. The summed E-state index contributed by atoms with van der Waals surface area (Å²) in [6, 6.07) is 7.45. The predicted molar refractivity (Wildman–Crippen MR) is 81.9 cm³/mol. The van der Waals surface area contributed by atoms with Crippen LogP contribution in [-0.4, -0.2) is 25.0 Å². The van der Waals surface area contributed by atoms with Gasteiger partial charge in [-0.2, -0.15) is 0 Å². The molecule has 116 valence electrons. The Morgan fingerprint density at radius 2 is 1.81 bits per heavy atom. The zero-order valence-electron chi connectivity index (χ0n) is 13.3. The second kappa shape index (κ2) is 7.11. The molecular formula is C16H24N2O3. The van der Waals surface area contributed by atoms with Crippen molar-refractivity contribution in [1.82, 2.24) is 10.6 Å². The van der Waals surface area contributed by atoms with Gasteiger partial charge in [0.05, 0.1) is 7.11 Å². The van der Waals surface area contributed by atoms with Gasteiger partial charge in [0.25, 0.3) is 0 Å². The summed E-state index contributed by atoms with van der Waals surface area (Å²) in [7, 11) is 1.58. The maximum Gasteiger partial charge on any atom is 0.235 e. The van der Waals surface area contributed by atoms with Gasteiger partial charge in [-0.15, -0.1) is 0 Å². The molecule has 21 heavy (non-hydrogen) atoms. The highest BCUT2D eigenvalue weighted by atomic mass is 16.5. The van der Waals surface area contributed by atoms with E-state index in [2.05, 4.69) is 10.6 Å². The number of nitrogens with one attached hydrogen (secondary N) is 2. The van der Waals surface area contributed by atoms with E-state index >= 15 is 0 Å². The molecule has 0 saturated carbocycles. The average molecular weight is 292 g/mol. The van der Waals surface area contributed by atoms with E-state index in [0.717, 1.165) is 5.56 Å². The lowest BCUT2D eigenvalue weighted by Crippen LogP contribution is -2.49. The van der Waals surface area contributed by atoms with E-state index in [1.807, 2.05) is 38.1 Å². The van der Waals surface area contributed by atoms with Crippen LogP contribution in [0.3, 0.4) is 0 Å². The van der Waals surface area contributed by atoms with Crippen molar-refractivity contribution in [2.75, 3.05) is 7.11 Å². The van der Waals surface area contributed by atoms with Gasteiger partial charge in [0, 0.05) is 18.2 Å². The molecule has 0 radical (unpaired) electrons. The van der Waals surface area contributed by atoms with Crippen LogP contribution in [0.25, 0.3) is 0 Å². The van der Waals surface area contributed by atoms with E-state index in [9.17, 15) is 9.59 Å². The summed E-state index contributed by atoms with van der Waals surface area (Å²) in [6.45, 7) is 7.27. The SMILES string of the molecule is COc1ccccc1CNC(=O)C(C)(C)C(=O)NC(C)C. The first-order valence-corrected chi connectivity index (χ1v) is 7.00. The van der Waals surface area contributed by atoms with Crippen molar-refractivity contribution in [3.8, 4) is 5.75 Å². The molecule has 1 rings (SSSR count). The van der Waals surface area contributed by atoms with E-state index in [-0.39, 0.29) is 17.9 Å². The lowest BCUT2D eigenvalue weighted by molar-refractivity contribution is -0.141. The van der Waals surface area contributed by atoms with Crippen LogP contribution >= 0.6 is 0 Å². The molecule has 0 aromatic heterocycles. The first kappa shape index (κ1) is 17.0. The minimum absolute atomic E-state index is 0.00112. The molecule has 2 amide bonds. The molecule has 0 saturated heterocycles. The van der Waals surface area contributed by atoms with Crippen molar-refractivity contribution in [2.45, 2.75) is 40.3 Å². The summed E-state index contributed by atoms with van der Waals surface area (Å²) >= 11 is 0. The summed E-state index contributed by atoms with van der Waals surface area (Å²) in [4.78, 5) is 24.3. The van der Waals surface area contributed by atoms with Gasteiger partial charge in [-0.3, -0.25) is 9.59 Å². The number of rotatable bonds is 6. The highest BCUT2D eigenvalue weighted by Gasteiger charge is 2.36. The smallest absolute Gasteiger partial charge is 0.235 e. The Morgan fingerprint density at radius 1 is 1.19 bits per heavy atom. The highest BCUT2D eigenvalue weighted by molar-refractivity contribution is 6.04. The summed E-state index contributed by atoms with van der Waals surface area (Å²) in [6.07, 6.45) is 0. The van der Waals surface area contributed by atoms with Gasteiger partial charge in [0.2, 0.25) is 11.8 Å². The Balaban J connectivity index is 2.70. The molecule has 0 unspecified atom stereocenters. The van der Waals surface area contributed by atoms with Crippen molar-refractivity contribution in [2.24, 2.45) is 5.41 Å². The Kier molecular flexibility index (Phi) is 5.76. The standard InChI is InChI=1S/C16H24N2O3/c1-11(2)18-15(20)16(3,4)14(19)17-10-12-8-6-7-9-13(12)21-5/h6-9,11H,10H2,1-5H3,(H,17,19)(H,18,20). The number of hydrogen-bond donors (Lipinski definition) is 2. The highest BCUT2D eigenvalue weighted by Crippen LogP contribution is 2.19. The van der Waals surface area contributed by atoms with Gasteiger partial charge in [-0.05, 0) is 33.8 Å². The second-order valence-electron chi connectivity index (χ2n) is 5.75. The van der Waals surface area contributed by atoms with Crippen LogP contribution in [0.2, 0.25) is 0 Å². The van der Waals surface area contributed by atoms with Crippen molar-refractivity contribution in [3.63, 3.8) is 0 Å². The first-order valence-electron chi connectivity index (χ1n) is 7.00. The third kappa shape index (κ3) is 4.48. The largest absolute Gasteiger partial charge is 0.496 e. The second-order valence-corrected chi connectivity index (χ2v) is 5.75. The van der Waals surface area contributed by atoms with Gasteiger partial charge < -0.3 is 15.4 Å². The van der Waals surface area contributed by atoms with Gasteiger partial charge in [-0.25, -0.2) is 0 Å². The molecule has 0 bridgehead atoms. The number of amides is 2. The first-order chi connectivity index (χ1) is 9.78. The Hall–Kier alpha value is -2.04. The normalized spacial score (nSPS) is 11.1. The topological polar surface area (TPSA) is 67.4 Å². The lowest BCUT2D eigenvalue weighted by atomic mass is 9.90. The van der Waals surface area contributed by atoms with Crippen LogP contribution in [0.5, 0.6) is 5.75 Å². The average Bonchev–Trinajstić information content (AvgIpc) is 2.44. The van der Waals surface area contributed by atoms with Gasteiger partial charge in [0.1, 0.15) is 11.2 Å². The van der Waals surface area contributed by atoms with Gasteiger partial charge in [0.15, 0.2) is 0 Å². The number of para-hydroxylation sites is 1. The summed E-state index contributed by atoms with van der Waals surface area (Å²) in [5.41, 5.74) is -0.250. The summed E-state index contributed by atoms with van der Waals surface area (Å²) in [5, 5.41) is 5.55. The van der Waals surface area contributed by atoms with Gasteiger partial charge in [-0.1, -0.05) is 18.2 Å². The molecule has 2 N–H and O–H groups in total. The summed E-state index contributed by atoms with van der Waals surface area (Å²) in [5.74, 6) is 0.115. The Bertz CT molecular complexity index is 510. The molecule has 1 aromatic rings. The van der Waals surface area contributed by atoms with Gasteiger partial charge >= 0.3 is 0 Å². The maximum absolute atomic E-state index is 12.2. The van der Waals surface area contributed by atoms with Crippen molar-refractivity contribution < 1.29 is 14.3 Å². The molecule has 0 heterocycles.